The number of aldehydes is 1. The summed E-state index contributed by atoms with van der Waals surface area (Å²) in [4.78, 5) is 48.1. The molecule has 0 saturated carbocycles. The van der Waals surface area contributed by atoms with E-state index >= 15 is 0 Å². The topological polar surface area (TPSA) is 80.8 Å². The third-order valence-corrected chi connectivity index (χ3v) is 3.51. The molecule has 0 bridgehead atoms. The van der Waals surface area contributed by atoms with Crippen molar-refractivity contribution in [3.63, 3.8) is 0 Å². The number of imide groups is 1. The molecule has 23 heavy (non-hydrogen) atoms. The number of ether oxygens (including phenoxy) is 1. The van der Waals surface area contributed by atoms with Gasteiger partial charge in [-0.3, -0.25) is 14.4 Å². The van der Waals surface area contributed by atoms with Crippen molar-refractivity contribution in [2.75, 3.05) is 6.73 Å². The lowest BCUT2D eigenvalue weighted by atomic mass is 10.1. The third-order valence-electron chi connectivity index (χ3n) is 3.51. The van der Waals surface area contributed by atoms with E-state index in [4.69, 9.17) is 4.74 Å². The number of carbonyl (C=O) groups is 4. The summed E-state index contributed by atoms with van der Waals surface area (Å²) < 4.78 is 5.01. The van der Waals surface area contributed by atoms with Crippen LogP contribution in [-0.2, 0) is 4.74 Å². The van der Waals surface area contributed by atoms with Crippen molar-refractivity contribution < 1.29 is 23.9 Å². The molecule has 0 aliphatic carbocycles. The van der Waals surface area contributed by atoms with Gasteiger partial charge < -0.3 is 4.74 Å². The summed E-state index contributed by atoms with van der Waals surface area (Å²) >= 11 is 0. The molecule has 6 heteroatoms. The SMILES string of the molecule is O=Cc1ccccc1C(=O)OCN1C(=O)c2ccccc2C1=O. The Labute approximate surface area is 131 Å². The summed E-state index contributed by atoms with van der Waals surface area (Å²) in [6.45, 7) is -0.502. The van der Waals surface area contributed by atoms with Gasteiger partial charge in [-0.25, -0.2) is 9.69 Å². The number of hydrogen-bond donors (Lipinski definition) is 0. The van der Waals surface area contributed by atoms with Crippen molar-refractivity contribution in [3.05, 3.63) is 70.8 Å². The van der Waals surface area contributed by atoms with Crippen LogP contribution < -0.4 is 0 Å². The number of benzene rings is 2. The Hall–Kier alpha value is -3.28. The lowest BCUT2D eigenvalue weighted by molar-refractivity contribution is 0.0227. The normalized spacial score (nSPS) is 13.0. The number of hydrogen-bond acceptors (Lipinski definition) is 5. The van der Waals surface area contributed by atoms with Gasteiger partial charge >= 0.3 is 5.97 Å². The first-order chi connectivity index (χ1) is 11.1. The van der Waals surface area contributed by atoms with E-state index < -0.39 is 24.5 Å². The molecule has 1 heterocycles. The molecule has 6 nitrogen and oxygen atoms in total. The van der Waals surface area contributed by atoms with Crippen LogP contribution in [-0.4, -0.2) is 35.7 Å². The standard InChI is InChI=1S/C17H11NO5/c19-9-11-5-1-2-6-12(11)17(22)23-10-18-15(20)13-7-3-4-8-14(13)16(18)21/h1-9H,10H2. The molecular weight excluding hydrogens is 298 g/mol. The van der Waals surface area contributed by atoms with Gasteiger partial charge in [0.1, 0.15) is 0 Å². The largest absolute Gasteiger partial charge is 0.440 e. The van der Waals surface area contributed by atoms with Gasteiger partial charge in [-0.2, -0.15) is 0 Å². The van der Waals surface area contributed by atoms with Gasteiger partial charge in [-0.1, -0.05) is 30.3 Å². The Kier molecular flexibility index (Phi) is 3.72. The Bertz CT molecular complexity index is 792. The predicted octanol–water partition coefficient (Wildman–Crippen LogP) is 1.91. The van der Waals surface area contributed by atoms with Crippen LogP contribution >= 0.6 is 0 Å². The summed E-state index contributed by atoms with van der Waals surface area (Å²) in [5, 5.41) is 0. The number of fused-ring (bicyclic) bond motifs is 1. The molecule has 0 N–H and O–H groups in total. The average Bonchev–Trinajstić information content (AvgIpc) is 2.84. The Morgan fingerprint density at radius 3 is 2.13 bits per heavy atom. The van der Waals surface area contributed by atoms with E-state index in [2.05, 4.69) is 0 Å². The molecule has 0 aromatic heterocycles. The lowest BCUT2D eigenvalue weighted by Gasteiger charge is -2.14. The fraction of sp³-hybridized carbons (Fsp3) is 0.0588. The van der Waals surface area contributed by atoms with E-state index in [0.717, 1.165) is 4.90 Å². The maximum atomic E-state index is 12.1. The highest BCUT2D eigenvalue weighted by atomic mass is 16.5. The molecule has 0 unspecified atom stereocenters. The highest BCUT2D eigenvalue weighted by Crippen LogP contribution is 2.22. The first-order valence-corrected chi connectivity index (χ1v) is 6.80. The highest BCUT2D eigenvalue weighted by Gasteiger charge is 2.35. The van der Waals surface area contributed by atoms with Crippen LogP contribution in [0.4, 0.5) is 0 Å². The average molecular weight is 309 g/mol. The number of esters is 1. The fourth-order valence-electron chi connectivity index (χ4n) is 2.34. The molecule has 0 radical (unpaired) electrons. The zero-order chi connectivity index (χ0) is 16.4. The van der Waals surface area contributed by atoms with Crippen LogP contribution in [0.3, 0.4) is 0 Å². The molecular formula is C17H11NO5. The van der Waals surface area contributed by atoms with Crippen molar-refractivity contribution in [2.24, 2.45) is 0 Å². The number of nitrogens with zero attached hydrogens (tertiary/aromatic N) is 1. The van der Waals surface area contributed by atoms with Gasteiger partial charge in [-0.05, 0) is 18.2 Å². The molecule has 0 atom stereocenters. The van der Waals surface area contributed by atoms with E-state index in [1.807, 2.05) is 0 Å². The van der Waals surface area contributed by atoms with Crippen molar-refractivity contribution in [1.29, 1.82) is 0 Å². The molecule has 1 aliphatic heterocycles. The van der Waals surface area contributed by atoms with Gasteiger partial charge in [-0.15, -0.1) is 0 Å². The zero-order valence-corrected chi connectivity index (χ0v) is 11.9. The van der Waals surface area contributed by atoms with Crippen molar-refractivity contribution >= 4 is 24.1 Å². The first kappa shape index (κ1) is 14.6. The molecule has 0 saturated heterocycles. The second-order valence-electron chi connectivity index (χ2n) is 4.85. The molecule has 1 aliphatic rings. The van der Waals surface area contributed by atoms with Gasteiger partial charge in [0, 0.05) is 5.56 Å². The highest BCUT2D eigenvalue weighted by molar-refractivity contribution is 6.21. The molecule has 2 aromatic carbocycles. The molecule has 114 valence electrons. The molecule has 0 fully saturated rings. The second-order valence-corrected chi connectivity index (χ2v) is 4.85. The van der Waals surface area contributed by atoms with E-state index in [1.165, 1.54) is 12.1 Å². The van der Waals surface area contributed by atoms with Gasteiger partial charge in [0.15, 0.2) is 13.0 Å². The van der Waals surface area contributed by atoms with Crippen LogP contribution in [0.1, 0.15) is 41.4 Å². The van der Waals surface area contributed by atoms with E-state index in [9.17, 15) is 19.2 Å². The maximum absolute atomic E-state index is 12.1. The smallest absolute Gasteiger partial charge is 0.340 e. The third kappa shape index (κ3) is 2.50. The van der Waals surface area contributed by atoms with Crippen molar-refractivity contribution in [2.45, 2.75) is 0 Å². The molecule has 0 spiro atoms. The lowest BCUT2D eigenvalue weighted by Crippen LogP contribution is -2.33. The number of rotatable bonds is 4. The summed E-state index contributed by atoms with van der Waals surface area (Å²) in [6, 6.07) is 12.5. The van der Waals surface area contributed by atoms with Crippen LogP contribution in [0, 0.1) is 0 Å². The number of amides is 2. The number of carbonyl (C=O) groups excluding carboxylic acids is 4. The van der Waals surface area contributed by atoms with Gasteiger partial charge in [0.2, 0.25) is 0 Å². The van der Waals surface area contributed by atoms with E-state index in [1.54, 1.807) is 36.4 Å². The Morgan fingerprint density at radius 1 is 0.957 bits per heavy atom. The Morgan fingerprint density at radius 2 is 1.52 bits per heavy atom. The first-order valence-electron chi connectivity index (χ1n) is 6.80. The molecule has 2 amide bonds. The van der Waals surface area contributed by atoms with E-state index in [-0.39, 0.29) is 22.3 Å². The zero-order valence-electron chi connectivity index (χ0n) is 11.9. The minimum absolute atomic E-state index is 0.0825. The van der Waals surface area contributed by atoms with E-state index in [0.29, 0.717) is 6.29 Å². The van der Waals surface area contributed by atoms with Crippen LogP contribution in [0.15, 0.2) is 48.5 Å². The second kappa shape index (κ2) is 5.84. The van der Waals surface area contributed by atoms with Crippen LogP contribution in [0.5, 0.6) is 0 Å². The molecule has 2 aromatic rings. The van der Waals surface area contributed by atoms with Crippen molar-refractivity contribution in [1.82, 2.24) is 4.90 Å². The van der Waals surface area contributed by atoms with Crippen LogP contribution in [0.2, 0.25) is 0 Å². The summed E-state index contributed by atoms with van der Waals surface area (Å²) in [5.41, 5.74) is 0.822. The summed E-state index contributed by atoms with van der Waals surface area (Å²) in [7, 11) is 0. The van der Waals surface area contributed by atoms with Crippen molar-refractivity contribution in [3.8, 4) is 0 Å². The van der Waals surface area contributed by atoms with Gasteiger partial charge in [0.25, 0.3) is 11.8 Å². The van der Waals surface area contributed by atoms with Gasteiger partial charge in [0.05, 0.1) is 16.7 Å². The monoisotopic (exact) mass is 309 g/mol. The Balaban J connectivity index is 1.75. The molecule has 3 rings (SSSR count). The van der Waals surface area contributed by atoms with Crippen LogP contribution in [0.25, 0.3) is 0 Å². The quantitative estimate of drug-likeness (QED) is 0.489. The summed E-state index contributed by atoms with van der Waals surface area (Å²) in [6.07, 6.45) is 0.540. The minimum atomic E-state index is -0.774. The minimum Gasteiger partial charge on any atom is -0.440 e. The summed E-state index contributed by atoms with van der Waals surface area (Å²) in [5.74, 6) is -1.80. The fourth-order valence-corrected chi connectivity index (χ4v) is 2.34. The maximum Gasteiger partial charge on any atom is 0.340 e. The predicted molar refractivity (Wildman–Crippen MR) is 79.1 cm³/mol.